The van der Waals surface area contributed by atoms with Gasteiger partial charge in [-0.2, -0.15) is 0 Å². The second kappa shape index (κ2) is 12.2. The summed E-state index contributed by atoms with van der Waals surface area (Å²) < 4.78 is 10.9. The molecule has 3 heteroatoms. The average molecular weight is 284 g/mol. The molecule has 0 N–H and O–H groups in total. The molecule has 118 valence electrons. The Hall–Kier alpha value is -0.570. The molecule has 0 aliphatic carbocycles. The van der Waals surface area contributed by atoms with Crippen molar-refractivity contribution in [2.24, 2.45) is 0 Å². The number of esters is 1. The fraction of sp³-hybridized carbons (Fsp3) is 0.941. The van der Waals surface area contributed by atoms with Crippen LogP contribution in [0.2, 0.25) is 0 Å². The molecule has 0 radical (unpaired) electrons. The van der Waals surface area contributed by atoms with Gasteiger partial charge in [-0.1, -0.05) is 45.4 Å². The van der Waals surface area contributed by atoms with Crippen molar-refractivity contribution in [3.05, 3.63) is 0 Å². The highest BCUT2D eigenvalue weighted by atomic mass is 16.5. The first-order valence-corrected chi connectivity index (χ1v) is 8.60. The lowest BCUT2D eigenvalue weighted by atomic mass is 10.1. The van der Waals surface area contributed by atoms with Gasteiger partial charge in [0.15, 0.2) is 0 Å². The summed E-state index contributed by atoms with van der Waals surface area (Å²) in [4.78, 5) is 11.6. The van der Waals surface area contributed by atoms with Gasteiger partial charge in [-0.05, 0) is 25.7 Å². The quantitative estimate of drug-likeness (QED) is 0.410. The molecule has 0 aromatic heterocycles. The minimum Gasteiger partial charge on any atom is -0.466 e. The smallest absolute Gasteiger partial charge is 0.305 e. The molecule has 0 aromatic rings. The zero-order valence-corrected chi connectivity index (χ0v) is 13.2. The average Bonchev–Trinajstić information content (AvgIpc) is 2.47. The molecule has 0 amide bonds. The van der Waals surface area contributed by atoms with E-state index < -0.39 is 0 Å². The Morgan fingerprint density at radius 2 is 1.85 bits per heavy atom. The second-order valence-corrected chi connectivity index (χ2v) is 5.87. The van der Waals surface area contributed by atoms with Crippen LogP contribution in [0.4, 0.5) is 0 Å². The van der Waals surface area contributed by atoms with Crippen molar-refractivity contribution in [3.8, 4) is 0 Å². The number of carbonyl (C=O) groups is 1. The van der Waals surface area contributed by atoms with E-state index in [1.165, 1.54) is 44.9 Å². The van der Waals surface area contributed by atoms with Crippen LogP contribution < -0.4 is 0 Å². The Kier molecular flexibility index (Phi) is 10.7. The van der Waals surface area contributed by atoms with Gasteiger partial charge in [-0.15, -0.1) is 0 Å². The third kappa shape index (κ3) is 9.35. The van der Waals surface area contributed by atoms with Crippen molar-refractivity contribution < 1.29 is 14.3 Å². The molecule has 3 nitrogen and oxygen atoms in total. The van der Waals surface area contributed by atoms with Crippen LogP contribution in [0, 0.1) is 0 Å². The molecule has 20 heavy (non-hydrogen) atoms. The Morgan fingerprint density at radius 1 is 1.10 bits per heavy atom. The maximum Gasteiger partial charge on any atom is 0.305 e. The summed E-state index contributed by atoms with van der Waals surface area (Å²) in [6, 6.07) is 0. The van der Waals surface area contributed by atoms with E-state index >= 15 is 0 Å². The van der Waals surface area contributed by atoms with Crippen molar-refractivity contribution in [1.29, 1.82) is 0 Å². The number of unbranched alkanes of at least 4 members (excludes halogenated alkanes) is 6. The molecule has 1 fully saturated rings. The van der Waals surface area contributed by atoms with Crippen molar-refractivity contribution in [2.75, 3.05) is 13.2 Å². The maximum absolute atomic E-state index is 11.6. The summed E-state index contributed by atoms with van der Waals surface area (Å²) in [6.07, 6.45) is 14.0. The molecular formula is C17H32O3. The summed E-state index contributed by atoms with van der Waals surface area (Å²) in [6.45, 7) is 3.63. The first-order chi connectivity index (χ1) is 9.83. The van der Waals surface area contributed by atoms with E-state index in [2.05, 4.69) is 6.92 Å². The van der Waals surface area contributed by atoms with E-state index in [1.807, 2.05) is 0 Å². The predicted molar refractivity (Wildman–Crippen MR) is 81.8 cm³/mol. The van der Waals surface area contributed by atoms with Gasteiger partial charge in [-0.3, -0.25) is 4.79 Å². The summed E-state index contributed by atoms with van der Waals surface area (Å²) in [5.74, 6) is -0.0330. The molecule has 1 atom stereocenters. The highest BCUT2D eigenvalue weighted by molar-refractivity contribution is 5.69. The van der Waals surface area contributed by atoms with Crippen LogP contribution in [-0.4, -0.2) is 25.3 Å². The number of carbonyl (C=O) groups excluding carboxylic acids is 1. The van der Waals surface area contributed by atoms with Crippen LogP contribution in [0.25, 0.3) is 0 Å². The lowest BCUT2D eigenvalue weighted by molar-refractivity contribution is -0.144. The SMILES string of the molecule is CCCCCCCCCC(=O)OCCC1CCCCO1. The van der Waals surface area contributed by atoms with Crippen LogP contribution in [0.1, 0.15) is 84.0 Å². The van der Waals surface area contributed by atoms with Crippen molar-refractivity contribution >= 4 is 5.97 Å². The fourth-order valence-electron chi connectivity index (χ4n) is 2.64. The van der Waals surface area contributed by atoms with Gasteiger partial charge in [0.2, 0.25) is 0 Å². The highest BCUT2D eigenvalue weighted by Crippen LogP contribution is 2.15. The Labute approximate surface area is 124 Å². The molecule has 1 aliphatic heterocycles. The van der Waals surface area contributed by atoms with E-state index in [4.69, 9.17) is 9.47 Å². The first kappa shape index (κ1) is 17.5. The monoisotopic (exact) mass is 284 g/mol. The summed E-state index contributed by atoms with van der Waals surface area (Å²) in [5.41, 5.74) is 0. The zero-order valence-electron chi connectivity index (χ0n) is 13.2. The predicted octanol–water partition coefficient (Wildman–Crippen LogP) is 4.63. The van der Waals surface area contributed by atoms with E-state index in [0.717, 1.165) is 32.3 Å². The van der Waals surface area contributed by atoms with Crippen LogP contribution in [-0.2, 0) is 14.3 Å². The molecule has 1 saturated heterocycles. The van der Waals surface area contributed by atoms with Crippen LogP contribution in [0.15, 0.2) is 0 Å². The third-order valence-electron chi connectivity index (χ3n) is 3.96. The van der Waals surface area contributed by atoms with Gasteiger partial charge < -0.3 is 9.47 Å². The molecular weight excluding hydrogens is 252 g/mol. The van der Waals surface area contributed by atoms with Crippen LogP contribution in [0.3, 0.4) is 0 Å². The lowest BCUT2D eigenvalue weighted by Crippen LogP contribution is -2.21. The van der Waals surface area contributed by atoms with Gasteiger partial charge in [-0.25, -0.2) is 0 Å². The fourth-order valence-corrected chi connectivity index (χ4v) is 2.64. The second-order valence-electron chi connectivity index (χ2n) is 5.87. The largest absolute Gasteiger partial charge is 0.466 e. The third-order valence-corrected chi connectivity index (χ3v) is 3.96. The van der Waals surface area contributed by atoms with Crippen LogP contribution in [0.5, 0.6) is 0 Å². The molecule has 0 spiro atoms. The van der Waals surface area contributed by atoms with E-state index in [0.29, 0.717) is 19.1 Å². The summed E-state index contributed by atoms with van der Waals surface area (Å²) >= 11 is 0. The van der Waals surface area contributed by atoms with Gasteiger partial charge >= 0.3 is 5.97 Å². The topological polar surface area (TPSA) is 35.5 Å². The van der Waals surface area contributed by atoms with Crippen molar-refractivity contribution in [3.63, 3.8) is 0 Å². The maximum atomic E-state index is 11.6. The summed E-state index contributed by atoms with van der Waals surface area (Å²) in [5, 5.41) is 0. The molecule has 1 unspecified atom stereocenters. The van der Waals surface area contributed by atoms with Gasteiger partial charge in [0.1, 0.15) is 0 Å². The van der Waals surface area contributed by atoms with E-state index in [9.17, 15) is 4.79 Å². The Morgan fingerprint density at radius 3 is 2.55 bits per heavy atom. The Bertz CT molecular complexity index is 234. The lowest BCUT2D eigenvalue weighted by Gasteiger charge is -2.22. The standard InChI is InChI=1S/C17H32O3/c1-2-3-4-5-6-7-8-12-17(18)20-15-13-16-11-9-10-14-19-16/h16H,2-15H2,1H3. The van der Waals surface area contributed by atoms with Gasteiger partial charge in [0, 0.05) is 19.4 Å². The van der Waals surface area contributed by atoms with Crippen molar-refractivity contribution in [1.82, 2.24) is 0 Å². The highest BCUT2D eigenvalue weighted by Gasteiger charge is 2.14. The number of ether oxygens (including phenoxy) is 2. The minimum atomic E-state index is -0.0330. The summed E-state index contributed by atoms with van der Waals surface area (Å²) in [7, 11) is 0. The molecule has 0 bridgehead atoms. The number of hydrogen-bond donors (Lipinski definition) is 0. The molecule has 0 aromatic carbocycles. The van der Waals surface area contributed by atoms with E-state index in [-0.39, 0.29) is 5.97 Å². The molecule has 0 saturated carbocycles. The molecule has 1 heterocycles. The zero-order chi connectivity index (χ0) is 14.5. The normalized spacial score (nSPS) is 18.9. The van der Waals surface area contributed by atoms with Crippen molar-refractivity contribution in [2.45, 2.75) is 90.1 Å². The Balaban J connectivity index is 1.85. The van der Waals surface area contributed by atoms with Gasteiger partial charge in [0.25, 0.3) is 0 Å². The minimum absolute atomic E-state index is 0.0330. The molecule has 1 aliphatic rings. The van der Waals surface area contributed by atoms with E-state index in [1.54, 1.807) is 0 Å². The van der Waals surface area contributed by atoms with Gasteiger partial charge in [0.05, 0.1) is 12.7 Å². The first-order valence-electron chi connectivity index (χ1n) is 8.60. The van der Waals surface area contributed by atoms with Crippen LogP contribution >= 0.6 is 0 Å². The number of hydrogen-bond acceptors (Lipinski definition) is 3. The number of rotatable bonds is 11. The molecule has 1 rings (SSSR count).